The zero-order chi connectivity index (χ0) is 16.1. The van der Waals surface area contributed by atoms with Crippen LogP contribution in [0.2, 0.25) is 0 Å². The summed E-state index contributed by atoms with van der Waals surface area (Å²) in [4.78, 5) is 17.2. The molecule has 1 amide bonds. The number of amides is 1. The second-order valence-electron chi connectivity index (χ2n) is 6.68. The van der Waals surface area contributed by atoms with Crippen molar-refractivity contribution in [2.75, 3.05) is 38.6 Å². The maximum Gasteiger partial charge on any atom is 0.253 e. The second kappa shape index (κ2) is 7.63. The van der Waals surface area contributed by atoms with E-state index in [0.29, 0.717) is 0 Å². The molecule has 4 heteroatoms. The van der Waals surface area contributed by atoms with Gasteiger partial charge in [-0.15, -0.1) is 0 Å². The van der Waals surface area contributed by atoms with Gasteiger partial charge in [-0.2, -0.15) is 0 Å². The lowest BCUT2D eigenvalue weighted by Crippen LogP contribution is -2.35. The quantitative estimate of drug-likeness (QED) is 0.877. The van der Waals surface area contributed by atoms with Gasteiger partial charge in [0.2, 0.25) is 0 Å². The van der Waals surface area contributed by atoms with Crippen molar-refractivity contribution >= 4 is 11.6 Å². The van der Waals surface area contributed by atoms with Gasteiger partial charge in [0.25, 0.3) is 5.91 Å². The molecule has 1 saturated heterocycles. The SMILES string of the molecule is Cc1ccc(N2CCCC2)c(C(=O)N[C@@H](C)CCN(C)C)c1. The highest BCUT2D eigenvalue weighted by molar-refractivity contribution is 6.00. The van der Waals surface area contributed by atoms with Crippen LogP contribution in [-0.2, 0) is 0 Å². The lowest BCUT2D eigenvalue weighted by Gasteiger charge is -2.23. The smallest absolute Gasteiger partial charge is 0.253 e. The number of nitrogens with zero attached hydrogens (tertiary/aromatic N) is 2. The minimum atomic E-state index is 0.0526. The fraction of sp³-hybridized carbons (Fsp3) is 0.611. The van der Waals surface area contributed by atoms with Crippen molar-refractivity contribution in [2.24, 2.45) is 0 Å². The Labute approximate surface area is 134 Å². The Bertz CT molecular complexity index is 507. The first-order chi connectivity index (χ1) is 10.5. The van der Waals surface area contributed by atoms with Gasteiger partial charge in [0.15, 0.2) is 0 Å². The van der Waals surface area contributed by atoms with Crippen LogP contribution in [0.5, 0.6) is 0 Å². The first kappa shape index (κ1) is 16.8. The molecule has 1 aliphatic heterocycles. The number of hydrogen-bond acceptors (Lipinski definition) is 3. The van der Waals surface area contributed by atoms with E-state index in [4.69, 9.17) is 0 Å². The van der Waals surface area contributed by atoms with Crippen molar-refractivity contribution in [1.29, 1.82) is 0 Å². The molecule has 0 spiro atoms. The van der Waals surface area contributed by atoms with Crippen molar-refractivity contribution in [3.05, 3.63) is 29.3 Å². The molecular weight excluding hydrogens is 274 g/mol. The third kappa shape index (κ3) is 4.47. The summed E-state index contributed by atoms with van der Waals surface area (Å²) in [5.74, 6) is 0.0526. The maximum absolute atomic E-state index is 12.7. The summed E-state index contributed by atoms with van der Waals surface area (Å²) >= 11 is 0. The molecule has 4 nitrogen and oxygen atoms in total. The zero-order valence-electron chi connectivity index (χ0n) is 14.4. The molecule has 1 aliphatic rings. The lowest BCUT2D eigenvalue weighted by molar-refractivity contribution is 0.0937. The average Bonchev–Trinajstić information content (AvgIpc) is 2.99. The van der Waals surface area contributed by atoms with E-state index in [1.165, 1.54) is 12.8 Å². The van der Waals surface area contributed by atoms with Crippen LogP contribution in [0.4, 0.5) is 5.69 Å². The van der Waals surface area contributed by atoms with Crippen molar-refractivity contribution in [3.8, 4) is 0 Å². The number of nitrogens with one attached hydrogen (secondary N) is 1. The highest BCUT2D eigenvalue weighted by Gasteiger charge is 2.20. The van der Waals surface area contributed by atoms with E-state index in [1.54, 1.807) is 0 Å². The Kier molecular flexibility index (Phi) is 5.83. The number of benzene rings is 1. The summed E-state index contributed by atoms with van der Waals surface area (Å²) in [5.41, 5.74) is 3.04. The van der Waals surface area contributed by atoms with E-state index >= 15 is 0 Å². The Morgan fingerprint density at radius 2 is 2.00 bits per heavy atom. The summed E-state index contributed by atoms with van der Waals surface area (Å²) in [7, 11) is 4.11. The molecule has 122 valence electrons. The molecule has 0 radical (unpaired) electrons. The summed E-state index contributed by atoms with van der Waals surface area (Å²) < 4.78 is 0. The Morgan fingerprint density at radius 3 is 2.64 bits per heavy atom. The normalized spacial score (nSPS) is 16.1. The predicted molar refractivity (Wildman–Crippen MR) is 92.7 cm³/mol. The molecule has 0 bridgehead atoms. The van der Waals surface area contributed by atoms with Crippen LogP contribution in [0.1, 0.15) is 42.1 Å². The number of carbonyl (C=O) groups is 1. The van der Waals surface area contributed by atoms with Crippen molar-refractivity contribution < 1.29 is 4.79 Å². The number of aryl methyl sites for hydroxylation is 1. The van der Waals surface area contributed by atoms with Crippen LogP contribution in [0.3, 0.4) is 0 Å². The van der Waals surface area contributed by atoms with Gasteiger partial charge in [-0.1, -0.05) is 11.6 Å². The lowest BCUT2D eigenvalue weighted by atomic mass is 10.1. The molecule has 0 aromatic heterocycles. The molecule has 1 N–H and O–H groups in total. The highest BCUT2D eigenvalue weighted by atomic mass is 16.1. The van der Waals surface area contributed by atoms with E-state index in [9.17, 15) is 4.79 Å². The van der Waals surface area contributed by atoms with Crippen LogP contribution in [0, 0.1) is 6.92 Å². The molecule has 0 saturated carbocycles. The van der Waals surface area contributed by atoms with Crippen molar-refractivity contribution in [3.63, 3.8) is 0 Å². The first-order valence-corrected chi connectivity index (χ1v) is 8.28. The van der Waals surface area contributed by atoms with Gasteiger partial charge >= 0.3 is 0 Å². The van der Waals surface area contributed by atoms with E-state index in [0.717, 1.165) is 42.9 Å². The molecule has 1 heterocycles. The fourth-order valence-corrected chi connectivity index (χ4v) is 2.89. The number of anilines is 1. The summed E-state index contributed by atoms with van der Waals surface area (Å²) in [6.07, 6.45) is 3.39. The number of rotatable bonds is 6. The molecule has 1 aromatic carbocycles. The Morgan fingerprint density at radius 1 is 1.32 bits per heavy atom. The third-order valence-corrected chi connectivity index (χ3v) is 4.23. The summed E-state index contributed by atoms with van der Waals surface area (Å²) in [6.45, 7) is 7.21. The summed E-state index contributed by atoms with van der Waals surface area (Å²) in [5, 5.41) is 3.15. The Balaban J connectivity index is 2.09. The average molecular weight is 303 g/mol. The second-order valence-corrected chi connectivity index (χ2v) is 6.68. The van der Waals surface area contributed by atoms with Gasteiger partial charge in [0, 0.05) is 24.8 Å². The summed E-state index contributed by atoms with van der Waals surface area (Å²) in [6, 6.07) is 6.39. The van der Waals surface area contributed by atoms with Gasteiger partial charge in [-0.05, 0) is 65.9 Å². The topological polar surface area (TPSA) is 35.6 Å². The molecule has 1 fully saturated rings. The first-order valence-electron chi connectivity index (χ1n) is 8.28. The van der Waals surface area contributed by atoms with E-state index in [-0.39, 0.29) is 11.9 Å². The predicted octanol–water partition coefficient (Wildman–Crippen LogP) is 2.67. The van der Waals surface area contributed by atoms with Crippen LogP contribution < -0.4 is 10.2 Å². The maximum atomic E-state index is 12.7. The minimum Gasteiger partial charge on any atom is -0.371 e. The van der Waals surface area contributed by atoms with E-state index in [1.807, 2.05) is 13.0 Å². The van der Waals surface area contributed by atoms with Crippen LogP contribution in [-0.4, -0.2) is 50.6 Å². The highest BCUT2D eigenvalue weighted by Crippen LogP contribution is 2.25. The van der Waals surface area contributed by atoms with Crippen LogP contribution in [0.15, 0.2) is 18.2 Å². The van der Waals surface area contributed by atoms with Gasteiger partial charge in [-0.25, -0.2) is 0 Å². The van der Waals surface area contributed by atoms with Gasteiger partial charge < -0.3 is 15.1 Å². The van der Waals surface area contributed by atoms with Gasteiger partial charge in [-0.3, -0.25) is 4.79 Å². The number of hydrogen-bond donors (Lipinski definition) is 1. The minimum absolute atomic E-state index is 0.0526. The number of carbonyl (C=O) groups excluding carboxylic acids is 1. The molecule has 0 aliphatic carbocycles. The van der Waals surface area contributed by atoms with Crippen molar-refractivity contribution in [1.82, 2.24) is 10.2 Å². The largest absolute Gasteiger partial charge is 0.371 e. The molecule has 1 atom stereocenters. The molecule has 22 heavy (non-hydrogen) atoms. The standard InChI is InChI=1S/C18H29N3O/c1-14-7-8-17(21-10-5-6-11-21)16(13-14)18(22)19-15(2)9-12-20(3)4/h7-8,13,15H,5-6,9-12H2,1-4H3,(H,19,22)/t15-/m0/s1. The van der Waals surface area contributed by atoms with E-state index in [2.05, 4.69) is 48.3 Å². The Hall–Kier alpha value is -1.55. The molecule has 0 unspecified atom stereocenters. The fourth-order valence-electron chi connectivity index (χ4n) is 2.89. The molecule has 2 rings (SSSR count). The molecular formula is C18H29N3O. The molecule has 1 aromatic rings. The van der Waals surface area contributed by atoms with E-state index < -0.39 is 0 Å². The third-order valence-electron chi connectivity index (χ3n) is 4.23. The monoisotopic (exact) mass is 303 g/mol. The van der Waals surface area contributed by atoms with Gasteiger partial charge in [0.05, 0.1) is 5.56 Å². The van der Waals surface area contributed by atoms with Crippen molar-refractivity contribution in [2.45, 2.75) is 39.2 Å². The van der Waals surface area contributed by atoms with Crippen LogP contribution in [0.25, 0.3) is 0 Å². The van der Waals surface area contributed by atoms with Crippen LogP contribution >= 0.6 is 0 Å². The van der Waals surface area contributed by atoms with Gasteiger partial charge in [0.1, 0.15) is 0 Å². The zero-order valence-corrected chi connectivity index (χ0v) is 14.4.